The van der Waals surface area contributed by atoms with E-state index in [1.807, 2.05) is 6.92 Å². The third-order valence-corrected chi connectivity index (χ3v) is 5.59. The zero-order valence-electron chi connectivity index (χ0n) is 18.9. The average molecular weight is 447 g/mol. The number of carbonyl (C=O) groups is 2. The van der Waals surface area contributed by atoms with Gasteiger partial charge in [-0.25, -0.2) is 0 Å². The fraction of sp³-hybridized carbons (Fsp3) is 0.231. The van der Waals surface area contributed by atoms with Crippen LogP contribution < -0.4 is 14.4 Å². The fourth-order valence-electron chi connectivity index (χ4n) is 4.01. The predicted molar refractivity (Wildman–Crippen MR) is 124 cm³/mol. The molecule has 0 saturated carbocycles. The summed E-state index contributed by atoms with van der Waals surface area (Å²) in [5, 5.41) is 11.2. The van der Waals surface area contributed by atoms with Crippen molar-refractivity contribution >= 4 is 23.1 Å². The molecule has 1 aromatic heterocycles. The van der Waals surface area contributed by atoms with E-state index >= 15 is 0 Å². The summed E-state index contributed by atoms with van der Waals surface area (Å²) in [7, 11) is 1.55. The number of aliphatic hydroxyl groups excluding tert-OH is 1. The lowest BCUT2D eigenvalue weighted by Crippen LogP contribution is -2.29. The number of nitrogens with zero attached hydrogens (tertiary/aromatic N) is 1. The van der Waals surface area contributed by atoms with Crippen molar-refractivity contribution in [3.05, 3.63) is 82.8 Å². The molecular formula is C26H25NO6. The number of hydrogen-bond acceptors (Lipinski definition) is 6. The highest BCUT2D eigenvalue weighted by atomic mass is 16.5. The molecule has 3 aromatic rings. The van der Waals surface area contributed by atoms with Crippen LogP contribution >= 0.6 is 0 Å². The molecule has 7 nitrogen and oxygen atoms in total. The molecule has 0 bridgehead atoms. The molecular weight excluding hydrogens is 422 g/mol. The predicted octanol–water partition coefficient (Wildman–Crippen LogP) is 4.93. The number of aryl methyl sites for hydroxylation is 2. The Morgan fingerprint density at radius 1 is 1.03 bits per heavy atom. The van der Waals surface area contributed by atoms with E-state index < -0.39 is 17.7 Å². The molecule has 1 atom stereocenters. The molecule has 1 fully saturated rings. The molecule has 33 heavy (non-hydrogen) atoms. The lowest BCUT2D eigenvalue weighted by atomic mass is 9.97. The van der Waals surface area contributed by atoms with Crippen LogP contribution in [0.4, 0.5) is 5.69 Å². The van der Waals surface area contributed by atoms with Crippen LogP contribution in [-0.4, -0.2) is 30.5 Å². The van der Waals surface area contributed by atoms with Gasteiger partial charge in [-0.1, -0.05) is 0 Å². The van der Waals surface area contributed by atoms with Crippen molar-refractivity contribution in [1.29, 1.82) is 0 Å². The second-order valence-electron chi connectivity index (χ2n) is 7.73. The standard InChI is InChI=1S/C26H25NO6/c1-5-32-18-9-7-17(8-10-18)27-23(21-13-6-16(3)33-21)22(25(29)26(27)30)24(28)20-12-11-19(31-4)14-15(20)2/h6-14,23,28H,5H2,1-4H3/b24-22-. The minimum absolute atomic E-state index is 0.0310. The van der Waals surface area contributed by atoms with Crippen LogP contribution in [0.3, 0.4) is 0 Å². The molecule has 1 amide bonds. The van der Waals surface area contributed by atoms with Gasteiger partial charge in [-0.05, 0) is 80.9 Å². The van der Waals surface area contributed by atoms with Crippen LogP contribution in [0.25, 0.3) is 5.76 Å². The van der Waals surface area contributed by atoms with Gasteiger partial charge in [-0.2, -0.15) is 0 Å². The number of aliphatic hydroxyl groups is 1. The number of furan rings is 1. The van der Waals surface area contributed by atoms with E-state index in [1.165, 1.54) is 4.90 Å². The number of amides is 1. The minimum Gasteiger partial charge on any atom is -0.507 e. The molecule has 1 unspecified atom stereocenters. The SMILES string of the molecule is CCOc1ccc(N2C(=O)C(=O)/C(=C(\O)c3ccc(OC)cc3C)C2c2ccc(C)o2)cc1. The maximum absolute atomic E-state index is 13.2. The first-order valence-electron chi connectivity index (χ1n) is 10.6. The molecule has 1 aliphatic rings. The van der Waals surface area contributed by atoms with Gasteiger partial charge in [0.05, 0.1) is 19.3 Å². The molecule has 1 N–H and O–H groups in total. The van der Waals surface area contributed by atoms with Crippen LogP contribution in [0.2, 0.25) is 0 Å². The molecule has 170 valence electrons. The van der Waals surface area contributed by atoms with E-state index in [0.29, 0.717) is 46.4 Å². The zero-order chi connectivity index (χ0) is 23.7. The van der Waals surface area contributed by atoms with Gasteiger partial charge in [0.2, 0.25) is 0 Å². The smallest absolute Gasteiger partial charge is 0.300 e. The number of Topliss-reactive ketones (excluding diaryl/α,β-unsaturated/α-hetero) is 1. The van der Waals surface area contributed by atoms with Gasteiger partial charge in [-0.15, -0.1) is 0 Å². The Kier molecular flexibility index (Phi) is 5.96. The van der Waals surface area contributed by atoms with Crippen molar-refractivity contribution in [3.63, 3.8) is 0 Å². The molecule has 2 aromatic carbocycles. The summed E-state index contributed by atoms with van der Waals surface area (Å²) in [5.74, 6) is 0.493. The van der Waals surface area contributed by atoms with E-state index in [1.54, 1.807) is 75.6 Å². The molecule has 7 heteroatoms. The maximum atomic E-state index is 13.2. The van der Waals surface area contributed by atoms with Crippen molar-refractivity contribution in [2.75, 3.05) is 18.6 Å². The highest BCUT2D eigenvalue weighted by molar-refractivity contribution is 6.51. The Hall–Kier alpha value is -4.00. The van der Waals surface area contributed by atoms with Gasteiger partial charge in [0.15, 0.2) is 0 Å². The molecule has 0 radical (unpaired) electrons. The molecule has 4 rings (SSSR count). The quantitative estimate of drug-likeness (QED) is 0.327. The van der Waals surface area contributed by atoms with Crippen molar-refractivity contribution < 1.29 is 28.6 Å². The first-order chi connectivity index (χ1) is 15.8. The van der Waals surface area contributed by atoms with Gasteiger partial charge in [0, 0.05) is 11.3 Å². The fourth-order valence-corrected chi connectivity index (χ4v) is 4.01. The lowest BCUT2D eigenvalue weighted by molar-refractivity contribution is -0.132. The van der Waals surface area contributed by atoms with Gasteiger partial charge in [-0.3, -0.25) is 14.5 Å². The summed E-state index contributed by atoms with van der Waals surface area (Å²) < 4.78 is 16.5. The normalized spacial score (nSPS) is 17.5. The van der Waals surface area contributed by atoms with E-state index in [9.17, 15) is 14.7 Å². The maximum Gasteiger partial charge on any atom is 0.300 e. The number of ketones is 1. The van der Waals surface area contributed by atoms with Crippen LogP contribution in [0.1, 0.15) is 35.6 Å². The van der Waals surface area contributed by atoms with E-state index in [4.69, 9.17) is 13.9 Å². The van der Waals surface area contributed by atoms with Crippen molar-refractivity contribution in [1.82, 2.24) is 0 Å². The highest BCUT2D eigenvalue weighted by Gasteiger charge is 2.48. The first-order valence-corrected chi connectivity index (χ1v) is 10.6. The second-order valence-corrected chi connectivity index (χ2v) is 7.73. The minimum atomic E-state index is -0.918. The summed E-state index contributed by atoms with van der Waals surface area (Å²) in [6.07, 6.45) is 0. The number of hydrogen-bond donors (Lipinski definition) is 1. The number of ether oxygens (including phenoxy) is 2. The number of rotatable bonds is 6. The summed E-state index contributed by atoms with van der Waals surface area (Å²) in [5.41, 5.74) is 1.60. The van der Waals surface area contributed by atoms with Gasteiger partial charge < -0.3 is 19.0 Å². The van der Waals surface area contributed by atoms with Crippen molar-refractivity contribution in [3.8, 4) is 11.5 Å². The third kappa shape index (κ3) is 3.98. The van der Waals surface area contributed by atoms with Crippen LogP contribution in [0.5, 0.6) is 11.5 Å². The van der Waals surface area contributed by atoms with Crippen molar-refractivity contribution in [2.24, 2.45) is 0 Å². The van der Waals surface area contributed by atoms with Gasteiger partial charge >= 0.3 is 0 Å². The first kappa shape index (κ1) is 22.2. The molecule has 2 heterocycles. The Balaban J connectivity index is 1.88. The van der Waals surface area contributed by atoms with Crippen LogP contribution in [0, 0.1) is 13.8 Å². The molecule has 0 spiro atoms. The summed E-state index contributed by atoms with van der Waals surface area (Å²) in [6.45, 7) is 5.97. The Morgan fingerprint density at radius 2 is 1.73 bits per heavy atom. The van der Waals surface area contributed by atoms with Crippen molar-refractivity contribution in [2.45, 2.75) is 26.8 Å². The van der Waals surface area contributed by atoms with Gasteiger partial charge in [0.1, 0.15) is 34.8 Å². The number of benzene rings is 2. The van der Waals surface area contributed by atoms with E-state index in [-0.39, 0.29) is 11.3 Å². The van der Waals surface area contributed by atoms with E-state index in [0.717, 1.165) is 0 Å². The molecule has 1 aliphatic heterocycles. The summed E-state index contributed by atoms with van der Waals surface area (Å²) in [6, 6.07) is 14.5. The topological polar surface area (TPSA) is 89.2 Å². The third-order valence-electron chi connectivity index (χ3n) is 5.59. The lowest BCUT2D eigenvalue weighted by Gasteiger charge is -2.23. The average Bonchev–Trinajstić information content (AvgIpc) is 3.35. The Bertz CT molecular complexity index is 1240. The zero-order valence-corrected chi connectivity index (χ0v) is 18.9. The second kappa shape index (κ2) is 8.86. The summed E-state index contributed by atoms with van der Waals surface area (Å²) >= 11 is 0. The van der Waals surface area contributed by atoms with E-state index in [2.05, 4.69) is 0 Å². The monoisotopic (exact) mass is 447 g/mol. The number of anilines is 1. The molecule has 1 saturated heterocycles. The number of carbonyl (C=O) groups excluding carboxylic acids is 2. The molecule has 0 aliphatic carbocycles. The summed E-state index contributed by atoms with van der Waals surface area (Å²) in [4.78, 5) is 27.7. The van der Waals surface area contributed by atoms with Crippen LogP contribution in [-0.2, 0) is 9.59 Å². The number of methoxy groups -OCH3 is 1. The largest absolute Gasteiger partial charge is 0.507 e. The highest BCUT2D eigenvalue weighted by Crippen LogP contribution is 2.43. The Labute approximate surface area is 191 Å². The van der Waals surface area contributed by atoms with Gasteiger partial charge in [0.25, 0.3) is 11.7 Å². The Morgan fingerprint density at radius 3 is 2.30 bits per heavy atom. The van der Waals surface area contributed by atoms with Crippen LogP contribution in [0.15, 0.2) is 64.6 Å².